The van der Waals surface area contributed by atoms with Crippen LogP contribution in [0.1, 0.15) is 58.2 Å². The molecule has 3 heterocycles. The molecule has 0 bridgehead atoms. The van der Waals surface area contributed by atoms with Crippen molar-refractivity contribution in [1.29, 1.82) is 0 Å². The Kier molecular flexibility index (Phi) is 10.7. The third kappa shape index (κ3) is 8.40. The van der Waals surface area contributed by atoms with E-state index in [2.05, 4.69) is 82.5 Å². The first-order valence-corrected chi connectivity index (χ1v) is 22.5. The second-order valence-corrected chi connectivity index (χ2v) is 19.1. The van der Waals surface area contributed by atoms with Gasteiger partial charge in [-0.05, 0) is 58.4 Å². The maximum Gasteiger partial charge on any atom is 0.416 e. The van der Waals surface area contributed by atoms with Crippen molar-refractivity contribution in [1.82, 2.24) is 24.5 Å². The molecular weight excluding hydrogens is 836 g/mol. The number of hydrogen-bond donors (Lipinski definition) is 0. The van der Waals surface area contributed by atoms with Crippen LogP contribution in [0.3, 0.4) is 0 Å². The van der Waals surface area contributed by atoms with Crippen LogP contribution in [0.25, 0.3) is 95.3 Å². The molecule has 5 nitrogen and oxygen atoms in total. The Balaban J connectivity index is 1.43. The molecule has 0 atom stereocenters. The van der Waals surface area contributed by atoms with Crippen molar-refractivity contribution in [2.75, 3.05) is 0 Å². The summed E-state index contributed by atoms with van der Waals surface area (Å²) in [4.78, 5) is 20.5. The van der Waals surface area contributed by atoms with Crippen LogP contribution in [0.4, 0.5) is 13.2 Å². The molecule has 0 radical (unpaired) electrons. The fraction of sp³-hybridized carbons (Fsp3) is 0.153. The van der Waals surface area contributed by atoms with E-state index in [0.717, 1.165) is 55.2 Å². The molecule has 7 aromatic carbocycles. The van der Waals surface area contributed by atoms with Crippen LogP contribution < -0.4 is 0 Å². The van der Waals surface area contributed by atoms with Crippen molar-refractivity contribution in [3.8, 4) is 73.5 Å². The highest BCUT2D eigenvalue weighted by Gasteiger charge is 2.35. The third-order valence-electron chi connectivity index (χ3n) is 12.4. The van der Waals surface area contributed by atoms with Gasteiger partial charge in [-0.25, -0.2) is 19.9 Å². The summed E-state index contributed by atoms with van der Waals surface area (Å²) < 4.78 is 49.6. The number of fused-ring (bicyclic) bond motifs is 3. The molecule has 8 heteroatoms. The van der Waals surface area contributed by atoms with Crippen LogP contribution in [0, 0.1) is 0 Å². The van der Waals surface area contributed by atoms with Crippen LogP contribution in [0.5, 0.6) is 0 Å². The second-order valence-electron chi connectivity index (χ2n) is 19.1. The molecule has 67 heavy (non-hydrogen) atoms. The number of alkyl halides is 3. The summed E-state index contributed by atoms with van der Waals surface area (Å²) in [6, 6.07) is 57.6. The summed E-state index contributed by atoms with van der Waals surface area (Å²) in [5.74, 6) is 0.766. The maximum absolute atomic E-state index is 15.8. The number of benzene rings is 7. The molecule has 10 aromatic rings. The van der Waals surface area contributed by atoms with Crippen LogP contribution >= 0.6 is 0 Å². The summed E-state index contributed by atoms with van der Waals surface area (Å²) in [5.41, 5.74) is 8.39. The Labute approximate surface area is 388 Å². The van der Waals surface area contributed by atoms with Crippen molar-refractivity contribution in [3.63, 3.8) is 0 Å². The molecule has 0 N–H and O–H groups in total. The standard InChI is InChI=1S/C59H48F3N5/c1-57(2,3)41-27-29-44-45-30-28-42(58(4,5)6)34-53(45)67(52(44)33-41)54-46(50-35-48(37-19-11-7-12-20-37)63-55(65-50)39-23-15-9-16-24-39)31-43(59(60,61)62)32-47(54)51-36-49(38-21-13-8-14-22-38)64-56(66-51)40-25-17-10-18-26-40/h7-36H,1-6H3. The number of rotatable bonds is 7. The predicted molar refractivity (Wildman–Crippen MR) is 267 cm³/mol. The molecule has 0 amide bonds. The van der Waals surface area contributed by atoms with Gasteiger partial charge in [-0.3, -0.25) is 0 Å². The number of nitrogens with zero attached hydrogens (tertiary/aromatic N) is 5. The van der Waals surface area contributed by atoms with Crippen molar-refractivity contribution in [2.24, 2.45) is 0 Å². The van der Waals surface area contributed by atoms with Crippen LogP contribution in [0.15, 0.2) is 182 Å². The van der Waals surface area contributed by atoms with Crippen LogP contribution in [0.2, 0.25) is 0 Å². The van der Waals surface area contributed by atoms with Crippen LogP contribution in [-0.4, -0.2) is 24.5 Å². The monoisotopic (exact) mass is 883 g/mol. The number of hydrogen-bond acceptors (Lipinski definition) is 4. The van der Waals surface area contributed by atoms with Crippen LogP contribution in [-0.2, 0) is 17.0 Å². The van der Waals surface area contributed by atoms with Gasteiger partial charge in [0.25, 0.3) is 0 Å². The highest BCUT2D eigenvalue weighted by atomic mass is 19.4. The molecular formula is C59H48F3N5. The van der Waals surface area contributed by atoms with E-state index in [9.17, 15) is 0 Å². The lowest BCUT2D eigenvalue weighted by Gasteiger charge is -2.24. The van der Waals surface area contributed by atoms with E-state index < -0.39 is 11.7 Å². The molecule has 0 aliphatic carbocycles. The van der Waals surface area contributed by atoms with Gasteiger partial charge in [0, 0.05) is 44.2 Å². The Hall–Kier alpha value is -7.71. The third-order valence-corrected chi connectivity index (χ3v) is 12.4. The summed E-state index contributed by atoms with van der Waals surface area (Å²) in [6.45, 7) is 13.0. The molecule has 0 aliphatic heterocycles. The summed E-state index contributed by atoms with van der Waals surface area (Å²) in [7, 11) is 0. The fourth-order valence-corrected chi connectivity index (χ4v) is 8.74. The average Bonchev–Trinajstić information content (AvgIpc) is 3.66. The summed E-state index contributed by atoms with van der Waals surface area (Å²) >= 11 is 0. The van der Waals surface area contributed by atoms with Gasteiger partial charge in [0.05, 0.1) is 45.1 Å². The topological polar surface area (TPSA) is 56.5 Å². The molecule has 0 aliphatic rings. The highest BCUT2D eigenvalue weighted by molar-refractivity contribution is 6.11. The lowest BCUT2D eigenvalue weighted by atomic mass is 9.86. The van der Waals surface area contributed by atoms with E-state index in [1.54, 1.807) is 0 Å². The molecule has 330 valence electrons. The average molecular weight is 884 g/mol. The minimum Gasteiger partial charge on any atom is -0.308 e. The van der Waals surface area contributed by atoms with Gasteiger partial charge in [0.1, 0.15) is 0 Å². The Morgan fingerprint density at radius 1 is 0.358 bits per heavy atom. The maximum atomic E-state index is 15.8. The summed E-state index contributed by atoms with van der Waals surface area (Å²) in [5, 5.41) is 1.94. The first-order valence-electron chi connectivity index (χ1n) is 22.5. The van der Waals surface area contributed by atoms with E-state index in [0.29, 0.717) is 40.1 Å². The Bertz CT molecular complexity index is 3110. The van der Waals surface area contributed by atoms with Crippen molar-refractivity contribution >= 4 is 21.8 Å². The molecule has 0 unspecified atom stereocenters. The SMILES string of the molecule is CC(C)(C)c1ccc2c3ccc(C(C)(C)C)cc3n(-c3c(-c4cc(-c5ccccc5)nc(-c5ccccc5)n4)cc(C(F)(F)F)cc3-c3cc(-c4ccccc4)nc(-c4ccccc4)n3)c2c1. The second kappa shape index (κ2) is 16.6. The first kappa shape index (κ1) is 43.2. The van der Waals surface area contributed by atoms with Gasteiger partial charge < -0.3 is 4.57 Å². The predicted octanol–water partition coefficient (Wildman–Crippen LogP) is 16.0. The zero-order valence-electron chi connectivity index (χ0n) is 38.2. The highest BCUT2D eigenvalue weighted by Crippen LogP contribution is 2.47. The largest absolute Gasteiger partial charge is 0.416 e. The first-order chi connectivity index (χ1) is 32.1. The minimum atomic E-state index is -4.75. The Morgan fingerprint density at radius 2 is 0.701 bits per heavy atom. The lowest BCUT2D eigenvalue weighted by Crippen LogP contribution is -2.13. The van der Waals surface area contributed by atoms with E-state index in [1.165, 1.54) is 12.1 Å². The van der Waals surface area contributed by atoms with Crippen molar-refractivity contribution < 1.29 is 13.2 Å². The van der Waals surface area contributed by atoms with E-state index in [4.69, 9.17) is 19.9 Å². The normalized spacial score (nSPS) is 12.3. The molecule has 0 saturated carbocycles. The van der Waals surface area contributed by atoms with E-state index >= 15 is 13.2 Å². The lowest BCUT2D eigenvalue weighted by molar-refractivity contribution is -0.137. The number of aromatic nitrogens is 5. The molecule has 3 aromatic heterocycles. The molecule has 0 fully saturated rings. The van der Waals surface area contributed by atoms with Crippen molar-refractivity contribution in [2.45, 2.75) is 58.5 Å². The van der Waals surface area contributed by atoms with Gasteiger partial charge in [-0.15, -0.1) is 0 Å². The van der Waals surface area contributed by atoms with Gasteiger partial charge in [0.2, 0.25) is 0 Å². The van der Waals surface area contributed by atoms with Gasteiger partial charge in [-0.1, -0.05) is 187 Å². The molecule has 0 saturated heterocycles. The fourth-order valence-electron chi connectivity index (χ4n) is 8.74. The minimum absolute atomic E-state index is 0.249. The molecule has 10 rings (SSSR count). The zero-order chi connectivity index (χ0) is 46.7. The van der Waals surface area contributed by atoms with Gasteiger partial charge >= 0.3 is 6.18 Å². The van der Waals surface area contributed by atoms with Gasteiger partial charge in [0.15, 0.2) is 11.6 Å². The number of halogens is 3. The Morgan fingerprint density at radius 3 is 1.04 bits per heavy atom. The molecule has 0 spiro atoms. The van der Waals surface area contributed by atoms with Gasteiger partial charge in [-0.2, -0.15) is 13.2 Å². The summed E-state index contributed by atoms with van der Waals surface area (Å²) in [6.07, 6.45) is -4.75. The zero-order valence-corrected chi connectivity index (χ0v) is 38.2. The quantitative estimate of drug-likeness (QED) is 0.160. The smallest absolute Gasteiger partial charge is 0.308 e. The van der Waals surface area contributed by atoms with Crippen molar-refractivity contribution in [3.05, 3.63) is 199 Å². The van der Waals surface area contributed by atoms with E-state index in [-0.39, 0.29) is 22.0 Å². The van der Waals surface area contributed by atoms with E-state index in [1.807, 2.05) is 133 Å².